The number of nitrogens with zero attached hydrogens (tertiary/aromatic N) is 2. The molecule has 29 heavy (non-hydrogen) atoms. The van der Waals surface area contributed by atoms with Crippen LogP contribution in [0, 0.1) is 18.3 Å². The molecular weight excluding hydrogens is 370 g/mol. The minimum Gasteiger partial charge on any atom is -0.493 e. The molecule has 0 aliphatic rings. The molecule has 1 N–H and O–H groups in total. The predicted octanol–water partition coefficient (Wildman–Crippen LogP) is 4.21. The van der Waals surface area contributed by atoms with Gasteiger partial charge in [-0.1, -0.05) is 17.7 Å². The van der Waals surface area contributed by atoms with Crippen molar-refractivity contribution in [1.29, 1.82) is 5.26 Å². The highest BCUT2D eigenvalue weighted by molar-refractivity contribution is 6.09. The number of benzene rings is 2. The average Bonchev–Trinajstić information content (AvgIpc) is 3.21. The minimum atomic E-state index is -0.570. The zero-order valence-corrected chi connectivity index (χ0v) is 16.2. The number of aromatic nitrogens is 1. The van der Waals surface area contributed by atoms with Gasteiger partial charge in [-0.3, -0.25) is 4.79 Å². The van der Waals surface area contributed by atoms with Crippen LogP contribution in [0.3, 0.4) is 0 Å². The summed E-state index contributed by atoms with van der Waals surface area (Å²) >= 11 is 0. The van der Waals surface area contributed by atoms with E-state index in [0.717, 1.165) is 11.1 Å². The van der Waals surface area contributed by atoms with Crippen LogP contribution < -0.4 is 14.8 Å². The fourth-order valence-corrected chi connectivity index (χ4v) is 2.59. The lowest BCUT2D eigenvalue weighted by Gasteiger charge is -2.10. The number of nitriles is 1. The number of nitrogens with one attached hydrogen (secondary N) is 1. The second-order valence-corrected chi connectivity index (χ2v) is 6.14. The Morgan fingerprint density at radius 3 is 2.52 bits per heavy atom. The van der Waals surface area contributed by atoms with Gasteiger partial charge in [-0.25, -0.2) is 4.98 Å². The fourth-order valence-electron chi connectivity index (χ4n) is 2.59. The van der Waals surface area contributed by atoms with E-state index < -0.39 is 5.91 Å². The third-order valence-corrected chi connectivity index (χ3v) is 4.12. The van der Waals surface area contributed by atoms with Gasteiger partial charge in [0.1, 0.15) is 23.6 Å². The number of aryl methyl sites for hydroxylation is 1. The van der Waals surface area contributed by atoms with E-state index in [1.807, 2.05) is 37.3 Å². The topological polar surface area (TPSA) is 97.4 Å². The Morgan fingerprint density at radius 1 is 1.14 bits per heavy atom. The highest BCUT2D eigenvalue weighted by atomic mass is 16.5. The lowest BCUT2D eigenvalue weighted by Crippen LogP contribution is -2.13. The summed E-state index contributed by atoms with van der Waals surface area (Å²) < 4.78 is 15.8. The summed E-state index contributed by atoms with van der Waals surface area (Å²) in [5, 5.41) is 12.1. The highest BCUT2D eigenvalue weighted by Gasteiger charge is 2.13. The van der Waals surface area contributed by atoms with Crippen molar-refractivity contribution in [1.82, 2.24) is 4.98 Å². The Bertz CT molecular complexity index is 1090. The average molecular weight is 389 g/mol. The maximum Gasteiger partial charge on any atom is 0.266 e. The molecule has 0 radical (unpaired) electrons. The van der Waals surface area contributed by atoms with E-state index in [1.165, 1.54) is 26.6 Å². The Labute approximate surface area is 168 Å². The van der Waals surface area contributed by atoms with E-state index in [4.69, 9.17) is 13.9 Å². The summed E-state index contributed by atoms with van der Waals surface area (Å²) in [5.41, 5.74) is 2.67. The zero-order chi connectivity index (χ0) is 20.8. The molecule has 0 aliphatic carbocycles. The third-order valence-electron chi connectivity index (χ3n) is 4.12. The van der Waals surface area contributed by atoms with Crippen molar-refractivity contribution < 1.29 is 18.7 Å². The maximum atomic E-state index is 12.5. The van der Waals surface area contributed by atoms with Crippen molar-refractivity contribution in [3.63, 3.8) is 0 Å². The second-order valence-electron chi connectivity index (χ2n) is 6.14. The lowest BCUT2D eigenvalue weighted by atomic mass is 10.1. The maximum absolute atomic E-state index is 12.5. The van der Waals surface area contributed by atoms with Crippen LogP contribution in [0.15, 0.2) is 58.7 Å². The van der Waals surface area contributed by atoms with Crippen molar-refractivity contribution in [3.05, 3.63) is 65.6 Å². The Morgan fingerprint density at radius 2 is 1.86 bits per heavy atom. The number of methoxy groups -OCH3 is 2. The zero-order valence-electron chi connectivity index (χ0n) is 16.2. The van der Waals surface area contributed by atoms with Crippen LogP contribution in [0.4, 0.5) is 5.69 Å². The number of amides is 1. The van der Waals surface area contributed by atoms with Crippen LogP contribution in [0.25, 0.3) is 17.5 Å². The van der Waals surface area contributed by atoms with Crippen LogP contribution in [-0.2, 0) is 4.79 Å². The number of anilines is 1. The first kappa shape index (κ1) is 19.7. The first-order chi connectivity index (χ1) is 14.0. The molecule has 0 spiro atoms. The van der Waals surface area contributed by atoms with Gasteiger partial charge in [0.25, 0.3) is 5.91 Å². The van der Waals surface area contributed by atoms with E-state index in [2.05, 4.69) is 10.3 Å². The van der Waals surface area contributed by atoms with Crippen LogP contribution in [0.5, 0.6) is 11.5 Å². The van der Waals surface area contributed by atoms with Gasteiger partial charge in [0, 0.05) is 17.3 Å². The Hall–Kier alpha value is -4.05. The molecule has 3 aromatic rings. The van der Waals surface area contributed by atoms with Crippen molar-refractivity contribution in [2.24, 2.45) is 0 Å². The van der Waals surface area contributed by atoms with E-state index >= 15 is 0 Å². The molecule has 1 aromatic heterocycles. The first-order valence-electron chi connectivity index (χ1n) is 8.71. The quantitative estimate of drug-likeness (QED) is 0.501. The number of carbonyl (C=O) groups is 1. The van der Waals surface area contributed by atoms with Gasteiger partial charge in [-0.2, -0.15) is 5.26 Å². The summed E-state index contributed by atoms with van der Waals surface area (Å²) in [6, 6.07) is 14.5. The van der Waals surface area contributed by atoms with Crippen molar-refractivity contribution in [3.8, 4) is 29.0 Å². The molecule has 146 valence electrons. The van der Waals surface area contributed by atoms with Crippen LogP contribution in [-0.4, -0.2) is 25.1 Å². The van der Waals surface area contributed by atoms with Gasteiger partial charge < -0.3 is 19.2 Å². The summed E-state index contributed by atoms with van der Waals surface area (Å²) in [6.07, 6.45) is 2.77. The number of ether oxygens (including phenoxy) is 2. The molecule has 0 atom stereocenters. The standard InChI is InChI=1S/C22H19N3O4/c1-14-4-6-15(7-5-14)22-25-18(13-29-22)10-16(12-23)21(26)24-17-8-9-19(27-2)20(11-17)28-3/h4-11,13H,1-3H3,(H,24,26)/b16-10+. The molecule has 2 aromatic carbocycles. The van der Waals surface area contributed by atoms with Gasteiger partial charge in [-0.15, -0.1) is 0 Å². The smallest absolute Gasteiger partial charge is 0.266 e. The summed E-state index contributed by atoms with van der Waals surface area (Å²) in [5.74, 6) is 0.841. The summed E-state index contributed by atoms with van der Waals surface area (Å²) in [7, 11) is 3.02. The van der Waals surface area contributed by atoms with Crippen molar-refractivity contribution in [2.75, 3.05) is 19.5 Å². The molecule has 3 rings (SSSR count). The number of hydrogen-bond donors (Lipinski definition) is 1. The Balaban J connectivity index is 1.79. The first-order valence-corrected chi connectivity index (χ1v) is 8.71. The van der Waals surface area contributed by atoms with Gasteiger partial charge in [0.2, 0.25) is 5.89 Å². The van der Waals surface area contributed by atoms with Crippen LogP contribution in [0.1, 0.15) is 11.3 Å². The second kappa shape index (κ2) is 8.76. The molecule has 0 fully saturated rings. The van der Waals surface area contributed by atoms with Gasteiger partial charge in [-0.05, 0) is 37.3 Å². The minimum absolute atomic E-state index is 0.108. The van der Waals surface area contributed by atoms with Crippen molar-refractivity contribution in [2.45, 2.75) is 6.92 Å². The molecule has 0 bridgehead atoms. The van der Waals surface area contributed by atoms with Gasteiger partial charge >= 0.3 is 0 Å². The molecular formula is C22H19N3O4. The summed E-state index contributed by atoms with van der Waals surface area (Å²) in [4.78, 5) is 16.8. The van der Waals surface area contributed by atoms with E-state index in [0.29, 0.717) is 28.8 Å². The molecule has 7 heteroatoms. The van der Waals surface area contributed by atoms with Gasteiger partial charge in [0.05, 0.1) is 14.2 Å². The number of oxazole rings is 1. The summed E-state index contributed by atoms with van der Waals surface area (Å²) in [6.45, 7) is 1.99. The van der Waals surface area contributed by atoms with E-state index in [-0.39, 0.29) is 5.57 Å². The predicted molar refractivity (Wildman–Crippen MR) is 108 cm³/mol. The molecule has 0 aliphatic heterocycles. The van der Waals surface area contributed by atoms with Crippen LogP contribution in [0.2, 0.25) is 0 Å². The normalized spacial score (nSPS) is 10.9. The molecule has 1 amide bonds. The number of carbonyl (C=O) groups excluding carboxylic acids is 1. The molecule has 1 heterocycles. The largest absolute Gasteiger partial charge is 0.493 e. The Kier molecular flexibility index (Phi) is 5.95. The van der Waals surface area contributed by atoms with Crippen molar-refractivity contribution >= 4 is 17.7 Å². The monoisotopic (exact) mass is 389 g/mol. The molecule has 0 unspecified atom stereocenters. The molecule has 0 saturated heterocycles. The van der Waals surface area contributed by atoms with E-state index in [9.17, 15) is 10.1 Å². The fraction of sp³-hybridized carbons (Fsp3) is 0.136. The lowest BCUT2D eigenvalue weighted by molar-refractivity contribution is -0.112. The molecule has 0 saturated carbocycles. The van der Waals surface area contributed by atoms with Crippen LogP contribution >= 0.6 is 0 Å². The molecule has 7 nitrogen and oxygen atoms in total. The number of hydrogen-bond acceptors (Lipinski definition) is 6. The highest BCUT2D eigenvalue weighted by Crippen LogP contribution is 2.30. The third kappa shape index (κ3) is 4.62. The van der Waals surface area contributed by atoms with E-state index in [1.54, 1.807) is 18.2 Å². The number of rotatable bonds is 6. The van der Waals surface area contributed by atoms with Gasteiger partial charge in [0.15, 0.2) is 11.5 Å². The SMILES string of the molecule is COc1ccc(NC(=O)/C(C#N)=C/c2coc(-c3ccc(C)cc3)n2)cc1OC.